The number of carbonyl (C=O) groups is 1. The summed E-state index contributed by atoms with van der Waals surface area (Å²) in [6.07, 6.45) is 0. The van der Waals surface area contributed by atoms with Gasteiger partial charge in [0.1, 0.15) is 0 Å². The molecule has 0 bridgehead atoms. The van der Waals surface area contributed by atoms with Crippen LogP contribution in [0.15, 0.2) is 35.7 Å². The Hall–Kier alpha value is -1.36. The van der Waals surface area contributed by atoms with Crippen molar-refractivity contribution in [2.75, 3.05) is 18.9 Å². The summed E-state index contributed by atoms with van der Waals surface area (Å²) in [7, 11) is 1.93. The Kier molecular flexibility index (Phi) is 5.17. The fraction of sp³-hybridized carbons (Fsp3) is 0.267. The number of carbonyl (C=O) groups excluding carboxylic acids is 1. The first-order valence-electron chi connectivity index (χ1n) is 6.32. The van der Waals surface area contributed by atoms with E-state index in [1.807, 2.05) is 48.5 Å². The van der Waals surface area contributed by atoms with Gasteiger partial charge in [-0.25, -0.2) is 0 Å². The molecule has 1 aromatic heterocycles. The second-order valence-corrected chi connectivity index (χ2v) is 6.15. The molecular formula is C15H17ClN2OS. The van der Waals surface area contributed by atoms with Crippen LogP contribution < -0.4 is 5.32 Å². The summed E-state index contributed by atoms with van der Waals surface area (Å²) >= 11 is 7.73. The number of likely N-dealkylation sites (N-methyl/N-ethyl adjacent to an activating group) is 1. The summed E-state index contributed by atoms with van der Waals surface area (Å²) in [5.74, 6) is -0.0329. The van der Waals surface area contributed by atoms with E-state index in [1.165, 1.54) is 4.88 Å². The summed E-state index contributed by atoms with van der Waals surface area (Å²) in [5.41, 5.74) is 1.66. The Morgan fingerprint density at radius 1 is 1.35 bits per heavy atom. The van der Waals surface area contributed by atoms with Crippen molar-refractivity contribution in [3.05, 3.63) is 51.2 Å². The van der Waals surface area contributed by atoms with E-state index < -0.39 is 0 Å². The van der Waals surface area contributed by atoms with Crippen LogP contribution in [0, 0.1) is 6.92 Å². The highest BCUT2D eigenvalue weighted by atomic mass is 35.5. The molecule has 1 N–H and O–H groups in total. The van der Waals surface area contributed by atoms with Gasteiger partial charge in [0.25, 0.3) is 0 Å². The lowest BCUT2D eigenvalue weighted by atomic mass is 10.2. The average molecular weight is 309 g/mol. The zero-order valence-electron chi connectivity index (χ0n) is 11.5. The van der Waals surface area contributed by atoms with Crippen LogP contribution >= 0.6 is 22.9 Å². The molecular weight excluding hydrogens is 292 g/mol. The number of halogens is 1. The van der Waals surface area contributed by atoms with E-state index in [9.17, 15) is 4.79 Å². The molecule has 0 radical (unpaired) electrons. The molecule has 0 spiro atoms. The third-order valence-electron chi connectivity index (χ3n) is 2.96. The second-order valence-electron chi connectivity index (χ2n) is 4.71. The van der Waals surface area contributed by atoms with Gasteiger partial charge in [-0.3, -0.25) is 9.69 Å². The standard InChI is InChI=1S/C15H17ClN2OS/c1-11-13(16)6-3-7-14(11)17-15(19)10-18(2)9-12-5-4-8-20-12/h3-8H,9-10H2,1-2H3,(H,17,19). The van der Waals surface area contributed by atoms with Gasteiger partial charge in [-0.2, -0.15) is 0 Å². The Morgan fingerprint density at radius 2 is 2.15 bits per heavy atom. The summed E-state index contributed by atoms with van der Waals surface area (Å²) in [6, 6.07) is 9.59. The van der Waals surface area contributed by atoms with Gasteiger partial charge >= 0.3 is 0 Å². The van der Waals surface area contributed by atoms with Crippen LogP contribution in [-0.2, 0) is 11.3 Å². The Morgan fingerprint density at radius 3 is 2.85 bits per heavy atom. The number of hydrogen-bond donors (Lipinski definition) is 1. The van der Waals surface area contributed by atoms with Crippen molar-refractivity contribution in [1.29, 1.82) is 0 Å². The number of nitrogens with one attached hydrogen (secondary N) is 1. The molecule has 2 aromatic rings. The first-order valence-corrected chi connectivity index (χ1v) is 7.58. The molecule has 0 atom stereocenters. The minimum absolute atomic E-state index is 0.0329. The number of benzene rings is 1. The van der Waals surface area contributed by atoms with Crippen LogP contribution in [0.3, 0.4) is 0 Å². The predicted molar refractivity (Wildman–Crippen MR) is 85.5 cm³/mol. The average Bonchev–Trinajstić information content (AvgIpc) is 2.87. The first kappa shape index (κ1) is 15.0. The molecule has 0 saturated carbocycles. The van der Waals surface area contributed by atoms with E-state index in [4.69, 9.17) is 11.6 Å². The zero-order chi connectivity index (χ0) is 14.5. The van der Waals surface area contributed by atoms with Crippen LogP contribution in [0.5, 0.6) is 0 Å². The van der Waals surface area contributed by atoms with Crippen LogP contribution in [0.25, 0.3) is 0 Å². The van der Waals surface area contributed by atoms with Crippen LogP contribution in [0.4, 0.5) is 5.69 Å². The molecule has 1 amide bonds. The van der Waals surface area contributed by atoms with Crippen LogP contribution in [0.1, 0.15) is 10.4 Å². The molecule has 1 heterocycles. The summed E-state index contributed by atoms with van der Waals surface area (Å²) in [5, 5.41) is 5.60. The second kappa shape index (κ2) is 6.88. The Labute approximate surface area is 128 Å². The number of amides is 1. The smallest absolute Gasteiger partial charge is 0.238 e. The fourth-order valence-corrected chi connectivity index (χ4v) is 2.86. The van der Waals surface area contributed by atoms with Crippen molar-refractivity contribution in [3.8, 4) is 0 Å². The van der Waals surface area contributed by atoms with E-state index in [0.717, 1.165) is 17.8 Å². The molecule has 0 aliphatic rings. The van der Waals surface area contributed by atoms with Crippen LogP contribution in [0.2, 0.25) is 5.02 Å². The highest BCUT2D eigenvalue weighted by Crippen LogP contribution is 2.22. The molecule has 5 heteroatoms. The van der Waals surface area contributed by atoms with Crippen molar-refractivity contribution >= 4 is 34.5 Å². The molecule has 20 heavy (non-hydrogen) atoms. The van der Waals surface area contributed by atoms with E-state index in [-0.39, 0.29) is 5.91 Å². The van der Waals surface area contributed by atoms with Gasteiger partial charge in [0, 0.05) is 22.1 Å². The molecule has 0 aliphatic carbocycles. The summed E-state index contributed by atoms with van der Waals surface area (Å²) in [4.78, 5) is 15.3. The number of rotatable bonds is 5. The van der Waals surface area contributed by atoms with Crippen molar-refractivity contribution in [3.63, 3.8) is 0 Å². The quantitative estimate of drug-likeness (QED) is 0.911. The SMILES string of the molecule is Cc1c(Cl)cccc1NC(=O)CN(C)Cc1cccs1. The van der Waals surface area contributed by atoms with Crippen molar-refractivity contribution < 1.29 is 4.79 Å². The molecule has 1 aromatic carbocycles. The normalized spacial score (nSPS) is 10.8. The molecule has 3 nitrogen and oxygen atoms in total. The zero-order valence-corrected chi connectivity index (χ0v) is 13.1. The van der Waals surface area contributed by atoms with Crippen LogP contribution in [-0.4, -0.2) is 24.4 Å². The summed E-state index contributed by atoms with van der Waals surface area (Å²) < 4.78 is 0. The van der Waals surface area contributed by atoms with Gasteiger partial charge in [-0.05, 0) is 43.1 Å². The molecule has 2 rings (SSSR count). The number of thiophene rings is 1. The van der Waals surface area contributed by atoms with Crippen molar-refractivity contribution in [2.45, 2.75) is 13.5 Å². The third-order valence-corrected chi connectivity index (χ3v) is 4.23. The van der Waals surface area contributed by atoms with Gasteiger partial charge in [0.2, 0.25) is 5.91 Å². The Balaban J connectivity index is 1.90. The number of anilines is 1. The van der Waals surface area contributed by atoms with Gasteiger partial charge in [0.05, 0.1) is 6.54 Å². The maximum atomic E-state index is 12.0. The van der Waals surface area contributed by atoms with E-state index in [0.29, 0.717) is 11.6 Å². The van der Waals surface area contributed by atoms with Crippen molar-refractivity contribution in [1.82, 2.24) is 4.90 Å². The van der Waals surface area contributed by atoms with Gasteiger partial charge in [0.15, 0.2) is 0 Å². The minimum atomic E-state index is -0.0329. The van der Waals surface area contributed by atoms with E-state index in [2.05, 4.69) is 11.4 Å². The largest absolute Gasteiger partial charge is 0.325 e. The lowest BCUT2D eigenvalue weighted by molar-refractivity contribution is -0.117. The molecule has 0 saturated heterocycles. The maximum absolute atomic E-state index is 12.0. The van der Waals surface area contributed by atoms with Gasteiger partial charge in [-0.15, -0.1) is 11.3 Å². The van der Waals surface area contributed by atoms with E-state index >= 15 is 0 Å². The topological polar surface area (TPSA) is 32.3 Å². The monoisotopic (exact) mass is 308 g/mol. The molecule has 0 fully saturated rings. The van der Waals surface area contributed by atoms with E-state index in [1.54, 1.807) is 11.3 Å². The Bertz CT molecular complexity index is 584. The van der Waals surface area contributed by atoms with Gasteiger partial charge in [-0.1, -0.05) is 23.7 Å². The molecule has 0 aliphatic heterocycles. The summed E-state index contributed by atoms with van der Waals surface area (Å²) in [6.45, 7) is 3.02. The number of nitrogens with zero attached hydrogens (tertiary/aromatic N) is 1. The first-order chi connectivity index (χ1) is 9.56. The minimum Gasteiger partial charge on any atom is -0.325 e. The highest BCUT2D eigenvalue weighted by molar-refractivity contribution is 7.09. The van der Waals surface area contributed by atoms with Crippen molar-refractivity contribution in [2.24, 2.45) is 0 Å². The maximum Gasteiger partial charge on any atom is 0.238 e. The van der Waals surface area contributed by atoms with Gasteiger partial charge < -0.3 is 5.32 Å². The lowest BCUT2D eigenvalue weighted by Crippen LogP contribution is -2.29. The number of hydrogen-bond acceptors (Lipinski definition) is 3. The lowest BCUT2D eigenvalue weighted by Gasteiger charge is -2.16. The molecule has 106 valence electrons. The third kappa shape index (κ3) is 4.07. The molecule has 0 unspecified atom stereocenters. The predicted octanol–water partition coefficient (Wildman–Crippen LogP) is 3.78. The fourth-order valence-electron chi connectivity index (χ4n) is 1.90. The highest BCUT2D eigenvalue weighted by Gasteiger charge is 2.10.